The summed E-state index contributed by atoms with van der Waals surface area (Å²) in [4.78, 5) is 10.9. The highest BCUT2D eigenvalue weighted by Crippen LogP contribution is 2.39. The molecule has 4 aromatic rings. The van der Waals surface area contributed by atoms with E-state index in [1.807, 2.05) is 42.5 Å². The van der Waals surface area contributed by atoms with Crippen molar-refractivity contribution in [2.45, 2.75) is 12.6 Å². The van der Waals surface area contributed by atoms with Crippen LogP contribution in [0.3, 0.4) is 0 Å². The lowest BCUT2D eigenvalue weighted by Gasteiger charge is -2.25. The van der Waals surface area contributed by atoms with Gasteiger partial charge >= 0.3 is 0 Å². The third-order valence-corrected chi connectivity index (χ3v) is 5.61. The summed E-state index contributed by atoms with van der Waals surface area (Å²) in [5.41, 5.74) is 1.21. The van der Waals surface area contributed by atoms with Crippen molar-refractivity contribution in [3.05, 3.63) is 77.4 Å². The molecule has 0 radical (unpaired) electrons. The van der Waals surface area contributed by atoms with Gasteiger partial charge in [-0.2, -0.15) is 0 Å². The van der Waals surface area contributed by atoms with Gasteiger partial charge in [-0.15, -0.1) is 11.3 Å². The highest BCUT2D eigenvalue weighted by atomic mass is 32.1. The third-order valence-electron chi connectivity index (χ3n) is 4.48. The van der Waals surface area contributed by atoms with Crippen LogP contribution in [-0.4, -0.2) is 16.6 Å². The van der Waals surface area contributed by atoms with Crippen LogP contribution >= 0.6 is 11.3 Å². The highest BCUT2D eigenvalue weighted by Gasteiger charge is 2.24. The summed E-state index contributed by atoms with van der Waals surface area (Å²) in [6.45, 7) is 1.21. The number of hydrogen-bond donors (Lipinski definition) is 1. The number of benzene rings is 2. The quantitative estimate of drug-likeness (QED) is 0.554. The smallest absolute Gasteiger partial charge is 0.167 e. The second kappa shape index (κ2) is 6.89. The molecule has 0 unspecified atom stereocenters. The second-order valence-electron chi connectivity index (χ2n) is 6.29. The number of para-hydroxylation sites is 2. The molecular weight excluding hydrogens is 358 g/mol. The van der Waals surface area contributed by atoms with E-state index in [9.17, 15) is 0 Å². The molecule has 2 aromatic carbocycles. The molecule has 1 aliphatic heterocycles. The van der Waals surface area contributed by atoms with Crippen LogP contribution in [0.5, 0.6) is 11.5 Å². The Balaban J connectivity index is 1.41. The maximum atomic E-state index is 6.13. The number of anilines is 1. The van der Waals surface area contributed by atoms with E-state index in [4.69, 9.17) is 9.47 Å². The molecule has 0 aliphatic carbocycles. The van der Waals surface area contributed by atoms with Gasteiger partial charge < -0.3 is 14.8 Å². The summed E-state index contributed by atoms with van der Waals surface area (Å²) in [7, 11) is 0. The van der Waals surface area contributed by atoms with Gasteiger partial charge in [-0.25, -0.2) is 9.97 Å². The lowest BCUT2D eigenvalue weighted by atomic mass is 10.2. The Bertz CT molecular complexity index is 1080. The van der Waals surface area contributed by atoms with Crippen LogP contribution < -0.4 is 14.8 Å². The van der Waals surface area contributed by atoms with Crippen LogP contribution in [0.25, 0.3) is 10.2 Å². The van der Waals surface area contributed by atoms with Crippen molar-refractivity contribution < 1.29 is 9.47 Å². The molecule has 1 aliphatic rings. The lowest BCUT2D eigenvalue weighted by molar-refractivity contribution is 0.0938. The minimum Gasteiger partial charge on any atom is -0.485 e. The molecule has 0 spiro atoms. The van der Waals surface area contributed by atoms with Crippen molar-refractivity contribution in [2.75, 3.05) is 11.9 Å². The average Bonchev–Trinajstić information content (AvgIpc) is 3.17. The zero-order valence-corrected chi connectivity index (χ0v) is 15.3. The van der Waals surface area contributed by atoms with E-state index in [1.54, 1.807) is 17.7 Å². The predicted molar refractivity (Wildman–Crippen MR) is 106 cm³/mol. The second-order valence-corrected chi connectivity index (χ2v) is 7.36. The molecule has 6 heteroatoms. The maximum Gasteiger partial charge on any atom is 0.167 e. The summed E-state index contributed by atoms with van der Waals surface area (Å²) >= 11 is 1.62. The Morgan fingerprint density at radius 2 is 1.81 bits per heavy atom. The Morgan fingerprint density at radius 3 is 2.70 bits per heavy atom. The minimum atomic E-state index is -0.138. The molecule has 0 bridgehead atoms. The van der Waals surface area contributed by atoms with E-state index in [0.29, 0.717) is 13.2 Å². The van der Waals surface area contributed by atoms with Crippen LogP contribution in [0.1, 0.15) is 16.5 Å². The molecule has 134 valence electrons. The molecule has 2 aromatic heterocycles. The standard InChI is InChI=1S/C21H17N3O2S/c1-2-6-14(7-3-1)11-22-20-15-10-19(27-21(15)24-13-23-20)18-12-25-16-8-4-5-9-17(16)26-18/h1-10,13,18H,11-12H2,(H,22,23,24)/t18-/m1/s1. The van der Waals surface area contributed by atoms with E-state index in [0.717, 1.165) is 32.4 Å². The van der Waals surface area contributed by atoms with Crippen molar-refractivity contribution in [1.82, 2.24) is 9.97 Å². The van der Waals surface area contributed by atoms with Crippen LogP contribution in [-0.2, 0) is 6.54 Å². The average molecular weight is 375 g/mol. The fourth-order valence-corrected chi connectivity index (χ4v) is 4.13. The number of rotatable bonds is 4. The number of nitrogens with one attached hydrogen (secondary N) is 1. The largest absolute Gasteiger partial charge is 0.485 e. The summed E-state index contributed by atoms with van der Waals surface area (Å²) < 4.78 is 12.0. The summed E-state index contributed by atoms with van der Waals surface area (Å²) in [6, 6.07) is 20.1. The maximum absolute atomic E-state index is 6.13. The predicted octanol–water partition coefficient (Wildman–Crippen LogP) is 4.82. The molecule has 27 heavy (non-hydrogen) atoms. The molecule has 3 heterocycles. The summed E-state index contributed by atoms with van der Waals surface area (Å²) in [5, 5.41) is 4.43. The first kappa shape index (κ1) is 16.1. The number of aromatic nitrogens is 2. The fourth-order valence-electron chi connectivity index (χ4n) is 3.12. The van der Waals surface area contributed by atoms with Crippen molar-refractivity contribution in [2.24, 2.45) is 0 Å². The molecular formula is C21H17N3O2S. The topological polar surface area (TPSA) is 56.3 Å². The Kier molecular flexibility index (Phi) is 4.10. The molecule has 5 rings (SSSR count). The number of ether oxygens (including phenoxy) is 2. The minimum absolute atomic E-state index is 0.138. The number of fused-ring (bicyclic) bond motifs is 2. The Morgan fingerprint density at radius 1 is 1.00 bits per heavy atom. The molecule has 0 fully saturated rings. The molecule has 0 saturated heterocycles. The van der Waals surface area contributed by atoms with E-state index < -0.39 is 0 Å². The van der Waals surface area contributed by atoms with Gasteiger partial charge in [0.05, 0.1) is 10.3 Å². The monoisotopic (exact) mass is 375 g/mol. The van der Waals surface area contributed by atoms with Crippen LogP contribution in [0.4, 0.5) is 5.82 Å². The SMILES string of the molecule is c1ccc(CNc2ncnc3sc([C@H]4COc5ccccc5O4)cc23)cc1. The van der Waals surface area contributed by atoms with E-state index >= 15 is 0 Å². The number of thiophene rings is 1. The van der Waals surface area contributed by atoms with Gasteiger partial charge in [-0.3, -0.25) is 0 Å². The van der Waals surface area contributed by atoms with Crippen LogP contribution in [0, 0.1) is 0 Å². The lowest BCUT2D eigenvalue weighted by Crippen LogP contribution is -2.20. The van der Waals surface area contributed by atoms with Crippen molar-refractivity contribution in [1.29, 1.82) is 0 Å². The van der Waals surface area contributed by atoms with Crippen molar-refractivity contribution >= 4 is 27.4 Å². The van der Waals surface area contributed by atoms with E-state index in [2.05, 4.69) is 33.5 Å². The zero-order chi connectivity index (χ0) is 18.1. The van der Waals surface area contributed by atoms with Gasteiger partial charge in [-0.05, 0) is 23.8 Å². The molecule has 5 nitrogen and oxygen atoms in total. The van der Waals surface area contributed by atoms with Gasteiger partial charge in [0, 0.05) is 6.54 Å². The first-order chi connectivity index (χ1) is 13.4. The van der Waals surface area contributed by atoms with E-state index in [1.165, 1.54) is 5.56 Å². The fraction of sp³-hybridized carbons (Fsp3) is 0.143. The van der Waals surface area contributed by atoms with Gasteiger partial charge in [0.25, 0.3) is 0 Å². The van der Waals surface area contributed by atoms with Gasteiger partial charge in [0.1, 0.15) is 23.6 Å². The normalized spacial score (nSPS) is 15.6. The Hall–Kier alpha value is -3.12. The van der Waals surface area contributed by atoms with Gasteiger partial charge in [0.2, 0.25) is 0 Å². The van der Waals surface area contributed by atoms with E-state index in [-0.39, 0.29) is 6.10 Å². The van der Waals surface area contributed by atoms with Gasteiger partial charge in [0.15, 0.2) is 17.6 Å². The highest BCUT2D eigenvalue weighted by molar-refractivity contribution is 7.18. The third kappa shape index (κ3) is 3.19. The number of hydrogen-bond acceptors (Lipinski definition) is 6. The Labute approximate surface area is 160 Å². The van der Waals surface area contributed by atoms with Crippen LogP contribution in [0.2, 0.25) is 0 Å². The summed E-state index contributed by atoms with van der Waals surface area (Å²) in [5.74, 6) is 2.41. The summed E-state index contributed by atoms with van der Waals surface area (Å²) in [6.07, 6.45) is 1.46. The van der Waals surface area contributed by atoms with Crippen LogP contribution in [0.15, 0.2) is 67.0 Å². The zero-order valence-electron chi connectivity index (χ0n) is 14.5. The molecule has 0 saturated carbocycles. The first-order valence-corrected chi connectivity index (χ1v) is 9.59. The molecule has 1 atom stereocenters. The van der Waals surface area contributed by atoms with Gasteiger partial charge in [-0.1, -0.05) is 42.5 Å². The van der Waals surface area contributed by atoms with Crippen molar-refractivity contribution in [3.63, 3.8) is 0 Å². The molecule has 1 N–H and O–H groups in total. The van der Waals surface area contributed by atoms with Crippen molar-refractivity contribution in [3.8, 4) is 11.5 Å². The first-order valence-electron chi connectivity index (χ1n) is 8.77. The number of nitrogens with zero attached hydrogens (tertiary/aromatic N) is 2. The molecule has 0 amide bonds.